The van der Waals surface area contributed by atoms with E-state index in [9.17, 15) is 0 Å². The van der Waals surface area contributed by atoms with Crippen LogP contribution in [0.15, 0.2) is 47.6 Å². The van der Waals surface area contributed by atoms with Crippen LogP contribution in [0, 0.1) is 0 Å². The normalized spacial score (nSPS) is 16.4. The summed E-state index contributed by atoms with van der Waals surface area (Å²) >= 11 is 6.03. The van der Waals surface area contributed by atoms with Crippen LogP contribution in [0.1, 0.15) is 24.0 Å². The molecule has 0 amide bonds. The number of aryl methyl sites for hydroxylation is 1. The van der Waals surface area contributed by atoms with Gasteiger partial charge in [0.1, 0.15) is 0 Å². The highest BCUT2D eigenvalue weighted by Gasteiger charge is 2.16. The van der Waals surface area contributed by atoms with E-state index in [-0.39, 0.29) is 0 Å². The van der Waals surface area contributed by atoms with Crippen LogP contribution in [0.4, 0.5) is 0 Å². The fourth-order valence-electron chi connectivity index (χ4n) is 2.61. The number of hydrogen-bond donors (Lipinski definition) is 1. The largest absolute Gasteiger partial charge is 0.411 e. The second-order valence-electron chi connectivity index (χ2n) is 4.78. The standard InChI is InChI=1S/C16H14ClNO/c17-14-5-1-3-11(10-14)12-7-8-15-13(9-12)4-2-6-16(15)18-19/h1,3,5,7-10,19H,2,4,6H2/b18-16+. The Kier molecular flexibility index (Phi) is 3.26. The van der Waals surface area contributed by atoms with Gasteiger partial charge in [-0.25, -0.2) is 0 Å². The monoisotopic (exact) mass is 271 g/mol. The van der Waals surface area contributed by atoms with Crippen molar-refractivity contribution < 1.29 is 5.21 Å². The van der Waals surface area contributed by atoms with E-state index < -0.39 is 0 Å². The van der Waals surface area contributed by atoms with Crippen molar-refractivity contribution in [3.8, 4) is 11.1 Å². The van der Waals surface area contributed by atoms with Crippen LogP contribution in [-0.2, 0) is 6.42 Å². The molecule has 2 aromatic carbocycles. The van der Waals surface area contributed by atoms with E-state index in [0.717, 1.165) is 46.7 Å². The van der Waals surface area contributed by atoms with Gasteiger partial charge in [-0.2, -0.15) is 0 Å². The summed E-state index contributed by atoms with van der Waals surface area (Å²) in [5, 5.41) is 13.2. The van der Waals surface area contributed by atoms with Gasteiger partial charge in [0.05, 0.1) is 5.71 Å². The minimum absolute atomic E-state index is 0.743. The minimum atomic E-state index is 0.743. The number of nitrogens with zero attached hydrogens (tertiary/aromatic N) is 1. The topological polar surface area (TPSA) is 32.6 Å². The third-order valence-electron chi connectivity index (χ3n) is 3.55. The van der Waals surface area contributed by atoms with Gasteiger partial charge in [0, 0.05) is 10.6 Å². The van der Waals surface area contributed by atoms with Crippen LogP contribution in [0.3, 0.4) is 0 Å². The van der Waals surface area contributed by atoms with Crippen molar-refractivity contribution in [1.29, 1.82) is 0 Å². The first kappa shape index (κ1) is 12.2. The summed E-state index contributed by atoms with van der Waals surface area (Å²) in [4.78, 5) is 0. The summed E-state index contributed by atoms with van der Waals surface area (Å²) in [6.45, 7) is 0. The zero-order valence-corrected chi connectivity index (χ0v) is 11.2. The first-order valence-corrected chi connectivity index (χ1v) is 6.76. The lowest BCUT2D eigenvalue weighted by atomic mass is 9.88. The molecule has 2 nitrogen and oxygen atoms in total. The van der Waals surface area contributed by atoms with Crippen molar-refractivity contribution in [2.45, 2.75) is 19.3 Å². The fraction of sp³-hybridized carbons (Fsp3) is 0.188. The van der Waals surface area contributed by atoms with Gasteiger partial charge in [0.25, 0.3) is 0 Å². The minimum Gasteiger partial charge on any atom is -0.411 e. The van der Waals surface area contributed by atoms with Crippen molar-refractivity contribution in [3.05, 3.63) is 58.6 Å². The molecule has 1 N–H and O–H groups in total. The van der Waals surface area contributed by atoms with E-state index >= 15 is 0 Å². The van der Waals surface area contributed by atoms with Gasteiger partial charge in [-0.3, -0.25) is 0 Å². The summed E-state index contributed by atoms with van der Waals surface area (Å²) in [5.41, 5.74) is 5.37. The zero-order valence-electron chi connectivity index (χ0n) is 10.4. The molecule has 0 fully saturated rings. The molecule has 0 saturated carbocycles. The average molecular weight is 272 g/mol. The highest BCUT2D eigenvalue weighted by Crippen LogP contribution is 2.29. The number of halogens is 1. The van der Waals surface area contributed by atoms with Crippen LogP contribution < -0.4 is 0 Å². The maximum Gasteiger partial charge on any atom is 0.0870 e. The molecule has 0 atom stereocenters. The molecule has 2 aromatic rings. The van der Waals surface area contributed by atoms with Gasteiger partial charge < -0.3 is 5.21 Å². The van der Waals surface area contributed by atoms with Crippen molar-refractivity contribution in [2.75, 3.05) is 0 Å². The Morgan fingerprint density at radius 1 is 1.00 bits per heavy atom. The number of benzene rings is 2. The van der Waals surface area contributed by atoms with Gasteiger partial charge in [-0.05, 0) is 48.1 Å². The molecule has 0 bridgehead atoms. The maximum absolute atomic E-state index is 9.03. The third kappa shape index (κ3) is 2.36. The molecular weight excluding hydrogens is 258 g/mol. The Labute approximate surface area is 117 Å². The van der Waals surface area contributed by atoms with Gasteiger partial charge in [-0.1, -0.05) is 47.1 Å². The lowest BCUT2D eigenvalue weighted by Crippen LogP contribution is -2.11. The molecule has 19 heavy (non-hydrogen) atoms. The highest BCUT2D eigenvalue weighted by molar-refractivity contribution is 6.30. The van der Waals surface area contributed by atoms with E-state index in [4.69, 9.17) is 16.8 Å². The maximum atomic E-state index is 9.03. The molecular formula is C16H14ClNO. The van der Waals surface area contributed by atoms with E-state index in [1.807, 2.05) is 24.3 Å². The Morgan fingerprint density at radius 3 is 2.63 bits per heavy atom. The molecule has 1 aliphatic rings. The van der Waals surface area contributed by atoms with E-state index in [1.54, 1.807) is 0 Å². The molecule has 0 unspecified atom stereocenters. The Bertz CT molecular complexity index is 649. The molecule has 0 heterocycles. The summed E-state index contributed by atoms with van der Waals surface area (Å²) < 4.78 is 0. The average Bonchev–Trinajstić information content (AvgIpc) is 2.46. The molecule has 0 aromatic heterocycles. The van der Waals surface area contributed by atoms with Gasteiger partial charge >= 0.3 is 0 Å². The Hall–Kier alpha value is -1.80. The first-order valence-electron chi connectivity index (χ1n) is 6.38. The van der Waals surface area contributed by atoms with Crippen LogP contribution in [-0.4, -0.2) is 10.9 Å². The summed E-state index contributed by atoms with van der Waals surface area (Å²) in [6, 6.07) is 14.1. The second-order valence-corrected chi connectivity index (χ2v) is 5.22. The molecule has 0 aliphatic heterocycles. The van der Waals surface area contributed by atoms with E-state index in [0.29, 0.717) is 0 Å². The molecule has 0 radical (unpaired) electrons. The zero-order chi connectivity index (χ0) is 13.2. The predicted molar refractivity (Wildman–Crippen MR) is 78.1 cm³/mol. The summed E-state index contributed by atoms with van der Waals surface area (Å²) in [6.07, 6.45) is 2.91. The highest BCUT2D eigenvalue weighted by atomic mass is 35.5. The van der Waals surface area contributed by atoms with Crippen LogP contribution in [0.2, 0.25) is 5.02 Å². The number of rotatable bonds is 1. The third-order valence-corrected chi connectivity index (χ3v) is 3.79. The Morgan fingerprint density at radius 2 is 1.84 bits per heavy atom. The van der Waals surface area contributed by atoms with Crippen LogP contribution in [0.5, 0.6) is 0 Å². The van der Waals surface area contributed by atoms with Crippen molar-refractivity contribution in [2.24, 2.45) is 5.16 Å². The van der Waals surface area contributed by atoms with Gasteiger partial charge in [0.15, 0.2) is 0 Å². The van der Waals surface area contributed by atoms with E-state index in [2.05, 4.69) is 23.4 Å². The molecule has 0 saturated heterocycles. The molecule has 0 spiro atoms. The number of hydrogen-bond acceptors (Lipinski definition) is 2. The molecule has 96 valence electrons. The smallest absolute Gasteiger partial charge is 0.0870 e. The first-order chi connectivity index (χ1) is 9.28. The van der Waals surface area contributed by atoms with Gasteiger partial charge in [0.2, 0.25) is 0 Å². The second kappa shape index (κ2) is 5.06. The SMILES string of the molecule is O/N=C1\CCCc2cc(-c3cccc(Cl)c3)ccc21. The Balaban J connectivity index is 2.07. The quantitative estimate of drug-likeness (QED) is 0.600. The molecule has 3 rings (SSSR count). The lowest BCUT2D eigenvalue weighted by molar-refractivity contribution is 0.317. The van der Waals surface area contributed by atoms with Gasteiger partial charge in [-0.15, -0.1) is 0 Å². The number of oxime groups is 1. The van der Waals surface area contributed by atoms with Crippen molar-refractivity contribution >= 4 is 17.3 Å². The fourth-order valence-corrected chi connectivity index (χ4v) is 2.80. The number of fused-ring (bicyclic) bond motifs is 1. The van der Waals surface area contributed by atoms with Crippen molar-refractivity contribution in [3.63, 3.8) is 0 Å². The molecule has 3 heteroatoms. The van der Waals surface area contributed by atoms with Crippen molar-refractivity contribution in [1.82, 2.24) is 0 Å². The molecule has 1 aliphatic carbocycles. The lowest BCUT2D eigenvalue weighted by Gasteiger charge is -2.17. The van der Waals surface area contributed by atoms with E-state index in [1.165, 1.54) is 5.56 Å². The van der Waals surface area contributed by atoms with Crippen LogP contribution in [0.25, 0.3) is 11.1 Å². The summed E-state index contributed by atoms with van der Waals surface area (Å²) in [5.74, 6) is 0. The van der Waals surface area contributed by atoms with Crippen LogP contribution >= 0.6 is 11.6 Å². The predicted octanol–water partition coefficient (Wildman–Crippen LogP) is 4.52. The summed E-state index contributed by atoms with van der Waals surface area (Å²) in [7, 11) is 0.